The highest BCUT2D eigenvalue weighted by Crippen LogP contribution is 2.14. The van der Waals surface area contributed by atoms with Crippen molar-refractivity contribution >= 4 is 0 Å². The Labute approximate surface area is 196 Å². The minimum Gasteiger partial charge on any atom is -0.234 e. The summed E-state index contributed by atoms with van der Waals surface area (Å²) in [4.78, 5) is 0. The minimum absolute atomic E-state index is 1.18. The first-order chi connectivity index (χ1) is 15.3. The quantitative estimate of drug-likeness (QED) is 0.120. The summed E-state index contributed by atoms with van der Waals surface area (Å²) in [5.74, 6) is 1.57. The fourth-order valence-corrected chi connectivity index (χ4v) is 4.80. The summed E-state index contributed by atoms with van der Waals surface area (Å²) in [7, 11) is 0. The normalized spacial score (nSPS) is 11.5. The zero-order chi connectivity index (χ0) is 22.4. The highest BCUT2D eigenvalue weighted by Gasteiger charge is 2.15. The van der Waals surface area contributed by atoms with Gasteiger partial charge in [-0.25, -0.2) is 9.13 Å². The molecule has 0 aliphatic rings. The summed E-state index contributed by atoms with van der Waals surface area (Å²) >= 11 is 0. The first-order valence-electron chi connectivity index (χ1n) is 14.4. The molecule has 2 nitrogen and oxygen atoms in total. The van der Waals surface area contributed by atoms with Gasteiger partial charge in [-0.05, 0) is 25.7 Å². The third-order valence-corrected chi connectivity index (χ3v) is 6.81. The van der Waals surface area contributed by atoms with Gasteiger partial charge < -0.3 is 0 Å². The Bertz CT molecular complexity index is 491. The van der Waals surface area contributed by atoms with Gasteiger partial charge in [0.25, 0.3) is 5.82 Å². The third kappa shape index (κ3) is 14.8. The Hall–Kier alpha value is -0.790. The number of unbranched alkanes of at least 4 members (excludes halogenated alkanes) is 17. The Kier molecular flexibility index (Phi) is 19.2. The molecule has 1 heterocycles. The van der Waals surface area contributed by atoms with Gasteiger partial charge in [-0.1, -0.05) is 124 Å². The molecule has 0 saturated carbocycles. The van der Waals surface area contributed by atoms with E-state index in [0.29, 0.717) is 0 Å². The summed E-state index contributed by atoms with van der Waals surface area (Å²) in [5.41, 5.74) is 0. The van der Waals surface area contributed by atoms with Crippen LogP contribution in [0, 0.1) is 0 Å². The van der Waals surface area contributed by atoms with Crippen molar-refractivity contribution < 1.29 is 4.57 Å². The van der Waals surface area contributed by atoms with Crippen LogP contribution in [0.25, 0.3) is 0 Å². The van der Waals surface area contributed by atoms with Crippen LogP contribution in [0.5, 0.6) is 0 Å². The van der Waals surface area contributed by atoms with Gasteiger partial charge in [-0.15, -0.1) is 0 Å². The molecule has 0 unspecified atom stereocenters. The molecule has 0 aromatic carbocycles. The van der Waals surface area contributed by atoms with Crippen molar-refractivity contribution in [1.82, 2.24) is 4.57 Å². The molecule has 0 amide bonds. The minimum atomic E-state index is 1.18. The lowest BCUT2D eigenvalue weighted by Gasteiger charge is -2.06. The fraction of sp³-hybridized carbons (Fsp3) is 0.897. The molecule has 0 radical (unpaired) electrons. The van der Waals surface area contributed by atoms with Crippen molar-refractivity contribution in [3.63, 3.8) is 0 Å². The van der Waals surface area contributed by atoms with Crippen LogP contribution in [0.3, 0.4) is 0 Å². The second-order valence-electron chi connectivity index (χ2n) is 9.86. The van der Waals surface area contributed by atoms with E-state index < -0.39 is 0 Å². The molecule has 0 aliphatic heterocycles. The maximum atomic E-state index is 2.54. The van der Waals surface area contributed by atoms with Gasteiger partial charge in [0.2, 0.25) is 0 Å². The molecule has 0 bridgehead atoms. The van der Waals surface area contributed by atoms with E-state index in [9.17, 15) is 0 Å². The molecule has 182 valence electrons. The van der Waals surface area contributed by atoms with E-state index in [4.69, 9.17) is 0 Å². The van der Waals surface area contributed by atoms with Crippen molar-refractivity contribution in [1.29, 1.82) is 0 Å². The van der Waals surface area contributed by atoms with Crippen LogP contribution in [-0.4, -0.2) is 4.57 Å². The Morgan fingerprint density at radius 2 is 1.00 bits per heavy atom. The summed E-state index contributed by atoms with van der Waals surface area (Å²) < 4.78 is 5.05. The van der Waals surface area contributed by atoms with E-state index in [1.807, 2.05) is 0 Å². The highest BCUT2D eigenvalue weighted by molar-refractivity contribution is 4.84. The number of rotatable bonds is 23. The summed E-state index contributed by atoms with van der Waals surface area (Å²) in [6, 6.07) is 0. The molecular weight excluding hydrogens is 376 g/mol. The lowest BCUT2D eigenvalue weighted by molar-refractivity contribution is -0.704. The number of nitrogens with zero attached hydrogens (tertiary/aromatic N) is 2. The van der Waals surface area contributed by atoms with Crippen molar-refractivity contribution in [3.05, 3.63) is 18.2 Å². The third-order valence-electron chi connectivity index (χ3n) is 6.81. The predicted molar refractivity (Wildman–Crippen MR) is 138 cm³/mol. The maximum Gasteiger partial charge on any atom is 0.256 e. The van der Waals surface area contributed by atoms with E-state index >= 15 is 0 Å². The summed E-state index contributed by atoms with van der Waals surface area (Å²) in [6.07, 6.45) is 34.3. The zero-order valence-electron chi connectivity index (χ0n) is 21.8. The second kappa shape index (κ2) is 21.1. The van der Waals surface area contributed by atoms with Gasteiger partial charge >= 0.3 is 0 Å². The Balaban J connectivity index is 1.99. The van der Waals surface area contributed by atoms with E-state index in [0.717, 1.165) is 0 Å². The molecule has 0 N–H and O–H groups in total. The molecule has 2 heteroatoms. The number of hydrogen-bond donors (Lipinski definition) is 0. The maximum absolute atomic E-state index is 2.54. The van der Waals surface area contributed by atoms with Crippen LogP contribution in [0.4, 0.5) is 0 Å². The van der Waals surface area contributed by atoms with Crippen LogP contribution in [0.2, 0.25) is 0 Å². The Morgan fingerprint density at radius 3 is 1.48 bits per heavy atom. The average Bonchev–Trinajstić information content (AvgIpc) is 3.15. The predicted octanol–water partition coefficient (Wildman–Crippen LogP) is 9.18. The van der Waals surface area contributed by atoms with E-state index in [1.54, 1.807) is 5.82 Å². The van der Waals surface area contributed by atoms with Gasteiger partial charge in [-0.2, -0.15) is 0 Å². The van der Waals surface area contributed by atoms with Gasteiger partial charge in [0.1, 0.15) is 12.4 Å². The van der Waals surface area contributed by atoms with Crippen molar-refractivity contribution in [2.45, 2.75) is 169 Å². The molecule has 0 fully saturated rings. The molecule has 0 atom stereocenters. The molecule has 0 saturated heterocycles. The van der Waals surface area contributed by atoms with Crippen molar-refractivity contribution in [3.8, 4) is 0 Å². The molecule has 31 heavy (non-hydrogen) atoms. The van der Waals surface area contributed by atoms with Gasteiger partial charge in [0.15, 0.2) is 0 Å². The van der Waals surface area contributed by atoms with Crippen molar-refractivity contribution in [2.75, 3.05) is 0 Å². The molecular formula is C29H57N2+. The van der Waals surface area contributed by atoms with Crippen LogP contribution in [0.15, 0.2) is 12.4 Å². The first-order valence-corrected chi connectivity index (χ1v) is 14.4. The molecule has 1 rings (SSSR count). The van der Waals surface area contributed by atoms with Crippen LogP contribution < -0.4 is 4.57 Å². The molecule has 0 aliphatic carbocycles. The number of aryl methyl sites for hydroxylation is 2. The lowest BCUT2D eigenvalue weighted by atomic mass is 10.0. The van der Waals surface area contributed by atoms with Gasteiger partial charge in [-0.3, -0.25) is 0 Å². The monoisotopic (exact) mass is 433 g/mol. The van der Waals surface area contributed by atoms with E-state index in [-0.39, 0.29) is 0 Å². The number of imidazole rings is 1. The SMILES string of the molecule is CCCCCCCCCCCCCCCCCCc1n(CCC)cc[n+]1CCCCC. The molecule has 1 aromatic rings. The fourth-order valence-electron chi connectivity index (χ4n) is 4.80. The standard InChI is InChI=1S/C29H57N2/c1-4-7-9-10-11-12-13-14-15-16-17-18-19-20-21-22-24-29-30(25-6-3)27-28-31(29)26-23-8-5-2/h27-28H,4-26H2,1-3H3/q+1. The second-order valence-corrected chi connectivity index (χ2v) is 9.86. The first kappa shape index (κ1) is 28.2. The lowest BCUT2D eigenvalue weighted by Crippen LogP contribution is -2.37. The molecule has 1 aromatic heterocycles. The number of aromatic nitrogens is 2. The highest BCUT2D eigenvalue weighted by atomic mass is 15.1. The smallest absolute Gasteiger partial charge is 0.234 e. The molecule has 0 spiro atoms. The summed E-state index contributed by atoms with van der Waals surface area (Å²) in [6.45, 7) is 9.27. The van der Waals surface area contributed by atoms with Crippen LogP contribution in [-0.2, 0) is 19.5 Å². The Morgan fingerprint density at radius 1 is 0.548 bits per heavy atom. The van der Waals surface area contributed by atoms with Crippen LogP contribution in [0.1, 0.15) is 155 Å². The zero-order valence-corrected chi connectivity index (χ0v) is 21.8. The largest absolute Gasteiger partial charge is 0.256 e. The van der Waals surface area contributed by atoms with Crippen molar-refractivity contribution in [2.24, 2.45) is 0 Å². The average molecular weight is 434 g/mol. The van der Waals surface area contributed by atoms with Gasteiger partial charge in [0.05, 0.1) is 13.1 Å². The topological polar surface area (TPSA) is 8.81 Å². The van der Waals surface area contributed by atoms with Crippen LogP contribution >= 0.6 is 0 Å². The summed E-state index contributed by atoms with van der Waals surface area (Å²) in [5, 5.41) is 0. The van der Waals surface area contributed by atoms with E-state index in [1.165, 1.54) is 148 Å². The van der Waals surface area contributed by atoms with Gasteiger partial charge in [0, 0.05) is 6.42 Å². The number of hydrogen-bond acceptors (Lipinski definition) is 0. The van der Waals surface area contributed by atoms with E-state index in [2.05, 4.69) is 42.3 Å².